The minimum atomic E-state index is -0.0298. The number of thiophene rings is 1. The zero-order valence-electron chi connectivity index (χ0n) is 10.4. The number of esters is 1. The van der Waals surface area contributed by atoms with Crippen molar-refractivity contribution >= 4 is 17.3 Å². The molecule has 94 valence electrons. The maximum atomic E-state index is 12.1. The molecule has 2 nitrogen and oxygen atoms in total. The van der Waals surface area contributed by atoms with E-state index in [0.29, 0.717) is 12.5 Å². The zero-order chi connectivity index (χ0) is 12.1. The smallest absolute Gasteiger partial charge is 0.313 e. The lowest BCUT2D eigenvalue weighted by atomic mass is 9.77. The Morgan fingerprint density at radius 1 is 1.47 bits per heavy atom. The van der Waals surface area contributed by atoms with Gasteiger partial charge in [-0.1, -0.05) is 19.3 Å². The van der Waals surface area contributed by atoms with Gasteiger partial charge in [-0.3, -0.25) is 4.79 Å². The molecule has 0 N–H and O–H groups in total. The molecule has 0 amide bonds. The molecule has 0 bridgehead atoms. The first-order valence-corrected chi connectivity index (χ1v) is 7.46. The van der Waals surface area contributed by atoms with Crippen molar-refractivity contribution in [3.63, 3.8) is 0 Å². The highest BCUT2D eigenvalue weighted by atomic mass is 32.1. The summed E-state index contributed by atoms with van der Waals surface area (Å²) in [6.07, 6.45) is 6.16. The number of carbonyl (C=O) groups is 1. The molecular weight excluding hydrogens is 232 g/mol. The summed E-state index contributed by atoms with van der Waals surface area (Å²) in [7, 11) is 0. The number of hydrogen-bond acceptors (Lipinski definition) is 3. The van der Waals surface area contributed by atoms with Crippen LogP contribution in [0.4, 0.5) is 0 Å². The fourth-order valence-electron chi connectivity index (χ4n) is 2.75. The Hall–Kier alpha value is -0.830. The maximum Gasteiger partial charge on any atom is 0.313 e. The number of ether oxygens (including phenoxy) is 1. The third kappa shape index (κ3) is 3.09. The van der Waals surface area contributed by atoms with E-state index in [2.05, 4.69) is 11.4 Å². The zero-order valence-corrected chi connectivity index (χ0v) is 11.2. The van der Waals surface area contributed by atoms with Crippen LogP contribution in [0, 0.1) is 5.92 Å². The molecule has 0 spiro atoms. The molecule has 1 atom stereocenters. The molecule has 1 aliphatic rings. The first kappa shape index (κ1) is 12.6. The summed E-state index contributed by atoms with van der Waals surface area (Å²) < 4.78 is 5.25. The van der Waals surface area contributed by atoms with Crippen LogP contribution < -0.4 is 0 Å². The SMILES string of the molecule is CCOC(=O)[C@@H](c1ccsc1)C1CCCCC1. The Labute approximate surface area is 107 Å². The summed E-state index contributed by atoms with van der Waals surface area (Å²) in [5.41, 5.74) is 1.15. The lowest BCUT2D eigenvalue weighted by molar-refractivity contribution is -0.146. The van der Waals surface area contributed by atoms with Gasteiger partial charge in [-0.05, 0) is 48.1 Å². The van der Waals surface area contributed by atoms with Gasteiger partial charge in [0.1, 0.15) is 0 Å². The normalized spacial score (nSPS) is 18.9. The van der Waals surface area contributed by atoms with Crippen molar-refractivity contribution in [2.75, 3.05) is 6.61 Å². The largest absolute Gasteiger partial charge is 0.466 e. The van der Waals surface area contributed by atoms with Gasteiger partial charge >= 0.3 is 5.97 Å². The quantitative estimate of drug-likeness (QED) is 0.758. The van der Waals surface area contributed by atoms with Gasteiger partial charge in [0.2, 0.25) is 0 Å². The second kappa shape index (κ2) is 6.20. The van der Waals surface area contributed by atoms with E-state index in [4.69, 9.17) is 4.74 Å². The highest BCUT2D eigenvalue weighted by molar-refractivity contribution is 7.08. The predicted octanol–water partition coefficient (Wildman–Crippen LogP) is 3.98. The fraction of sp³-hybridized carbons (Fsp3) is 0.643. The maximum absolute atomic E-state index is 12.1. The molecule has 1 saturated carbocycles. The molecule has 1 aliphatic carbocycles. The van der Waals surface area contributed by atoms with Crippen LogP contribution >= 0.6 is 11.3 Å². The van der Waals surface area contributed by atoms with Crippen LogP contribution in [0.2, 0.25) is 0 Å². The average molecular weight is 252 g/mol. The topological polar surface area (TPSA) is 26.3 Å². The van der Waals surface area contributed by atoms with Crippen LogP contribution in [0.3, 0.4) is 0 Å². The van der Waals surface area contributed by atoms with Crippen molar-refractivity contribution in [2.24, 2.45) is 5.92 Å². The van der Waals surface area contributed by atoms with Gasteiger partial charge in [0.15, 0.2) is 0 Å². The van der Waals surface area contributed by atoms with E-state index in [9.17, 15) is 4.79 Å². The van der Waals surface area contributed by atoms with E-state index in [0.717, 1.165) is 5.56 Å². The summed E-state index contributed by atoms with van der Waals surface area (Å²) in [4.78, 5) is 12.1. The van der Waals surface area contributed by atoms with E-state index >= 15 is 0 Å². The van der Waals surface area contributed by atoms with Crippen LogP contribution in [0.1, 0.15) is 50.5 Å². The van der Waals surface area contributed by atoms with Gasteiger partial charge in [-0.2, -0.15) is 11.3 Å². The van der Waals surface area contributed by atoms with Gasteiger partial charge < -0.3 is 4.74 Å². The van der Waals surface area contributed by atoms with Gasteiger partial charge in [0.05, 0.1) is 12.5 Å². The number of carbonyl (C=O) groups excluding carboxylic acids is 1. The van der Waals surface area contributed by atoms with Crippen molar-refractivity contribution in [1.82, 2.24) is 0 Å². The van der Waals surface area contributed by atoms with Crippen LogP contribution in [0.25, 0.3) is 0 Å². The van der Waals surface area contributed by atoms with E-state index < -0.39 is 0 Å². The lowest BCUT2D eigenvalue weighted by Gasteiger charge is -2.28. The lowest BCUT2D eigenvalue weighted by Crippen LogP contribution is -2.25. The third-order valence-electron chi connectivity index (χ3n) is 3.56. The molecule has 17 heavy (non-hydrogen) atoms. The Bertz CT molecular complexity index is 339. The Morgan fingerprint density at radius 2 is 2.24 bits per heavy atom. The fourth-order valence-corrected chi connectivity index (χ4v) is 3.45. The van der Waals surface area contributed by atoms with Crippen molar-refractivity contribution in [2.45, 2.75) is 44.9 Å². The molecule has 3 heteroatoms. The minimum Gasteiger partial charge on any atom is -0.466 e. The molecule has 0 unspecified atom stereocenters. The minimum absolute atomic E-state index is 0.0264. The molecule has 1 fully saturated rings. The molecule has 0 aromatic carbocycles. The van der Waals surface area contributed by atoms with Gasteiger partial charge in [-0.15, -0.1) is 0 Å². The molecule has 1 aromatic rings. The molecule has 2 rings (SSSR count). The van der Waals surface area contributed by atoms with Gasteiger partial charge in [-0.25, -0.2) is 0 Å². The van der Waals surface area contributed by atoms with Crippen LogP contribution in [0.15, 0.2) is 16.8 Å². The predicted molar refractivity (Wildman–Crippen MR) is 70.3 cm³/mol. The standard InChI is InChI=1S/C14H20O2S/c1-2-16-14(15)13(12-8-9-17-10-12)11-6-4-3-5-7-11/h8-11,13H,2-7H2,1H3/t13-/m1/s1. The molecule has 1 aromatic heterocycles. The molecule has 0 radical (unpaired) electrons. The summed E-state index contributed by atoms with van der Waals surface area (Å²) in [6.45, 7) is 2.36. The van der Waals surface area contributed by atoms with Crippen molar-refractivity contribution in [3.05, 3.63) is 22.4 Å². The van der Waals surface area contributed by atoms with Gasteiger partial charge in [0.25, 0.3) is 0 Å². The highest BCUT2D eigenvalue weighted by Crippen LogP contribution is 2.37. The average Bonchev–Trinajstić information content (AvgIpc) is 2.85. The second-order valence-corrected chi connectivity index (χ2v) is 5.46. The molecule has 0 saturated heterocycles. The summed E-state index contributed by atoms with van der Waals surface area (Å²) in [5.74, 6) is 0.427. The Kier molecular flexibility index (Phi) is 4.60. The third-order valence-corrected chi connectivity index (χ3v) is 4.27. The van der Waals surface area contributed by atoms with E-state index in [-0.39, 0.29) is 11.9 Å². The van der Waals surface area contributed by atoms with E-state index in [1.165, 1.54) is 32.1 Å². The van der Waals surface area contributed by atoms with Crippen molar-refractivity contribution < 1.29 is 9.53 Å². The second-order valence-electron chi connectivity index (χ2n) is 4.68. The summed E-state index contributed by atoms with van der Waals surface area (Å²) >= 11 is 1.66. The summed E-state index contributed by atoms with van der Waals surface area (Å²) in [5, 5.41) is 4.14. The van der Waals surface area contributed by atoms with E-state index in [1.807, 2.05) is 12.3 Å². The Balaban J connectivity index is 2.14. The van der Waals surface area contributed by atoms with Crippen LogP contribution in [-0.2, 0) is 9.53 Å². The van der Waals surface area contributed by atoms with Crippen LogP contribution in [0.5, 0.6) is 0 Å². The number of hydrogen-bond donors (Lipinski definition) is 0. The van der Waals surface area contributed by atoms with Gasteiger partial charge in [0, 0.05) is 0 Å². The monoisotopic (exact) mass is 252 g/mol. The molecule has 1 heterocycles. The first-order chi connectivity index (χ1) is 8.33. The molecular formula is C14H20O2S. The Morgan fingerprint density at radius 3 is 2.82 bits per heavy atom. The first-order valence-electron chi connectivity index (χ1n) is 6.51. The highest BCUT2D eigenvalue weighted by Gasteiger charge is 2.32. The van der Waals surface area contributed by atoms with E-state index in [1.54, 1.807) is 11.3 Å². The molecule has 0 aliphatic heterocycles. The van der Waals surface area contributed by atoms with Crippen molar-refractivity contribution in [3.8, 4) is 0 Å². The number of rotatable bonds is 4. The van der Waals surface area contributed by atoms with Crippen LogP contribution in [-0.4, -0.2) is 12.6 Å². The summed E-state index contributed by atoms with van der Waals surface area (Å²) in [6, 6.07) is 2.07. The van der Waals surface area contributed by atoms with Crippen molar-refractivity contribution in [1.29, 1.82) is 0 Å².